The monoisotopic (exact) mass is 215 g/mol. The lowest BCUT2D eigenvalue weighted by Gasteiger charge is -2.08. The van der Waals surface area contributed by atoms with Gasteiger partial charge in [-0.05, 0) is 18.1 Å². The first-order valence-electron chi connectivity index (χ1n) is 4.30. The van der Waals surface area contributed by atoms with Crippen LogP contribution in [-0.4, -0.2) is 30.9 Å². The molecule has 0 radical (unpaired) electrons. The van der Waals surface area contributed by atoms with Gasteiger partial charge < -0.3 is 5.11 Å². The summed E-state index contributed by atoms with van der Waals surface area (Å²) in [5.41, 5.74) is 0. The minimum atomic E-state index is -3.29. The molecule has 0 saturated heterocycles. The summed E-state index contributed by atoms with van der Waals surface area (Å²) in [5, 5.41) is 8.76. The molecule has 0 bridgehead atoms. The highest BCUT2D eigenvalue weighted by Gasteiger charge is 2.17. The number of aliphatic hydroxyl groups excluding tert-OH is 1. The third-order valence-corrected chi connectivity index (χ3v) is 3.78. The van der Waals surface area contributed by atoms with E-state index in [4.69, 9.17) is 5.11 Å². The van der Waals surface area contributed by atoms with Crippen LogP contribution in [0.2, 0.25) is 0 Å². The van der Waals surface area contributed by atoms with Gasteiger partial charge >= 0.3 is 0 Å². The van der Waals surface area contributed by atoms with Gasteiger partial charge in [-0.3, -0.25) is 4.98 Å². The fourth-order valence-electron chi connectivity index (χ4n) is 1.05. The first-order valence-corrected chi connectivity index (χ1v) is 5.95. The number of pyridine rings is 1. The second-order valence-corrected chi connectivity index (χ2v) is 5.29. The summed E-state index contributed by atoms with van der Waals surface area (Å²) < 4.78 is 23.3. The van der Waals surface area contributed by atoms with Crippen molar-refractivity contribution in [1.29, 1.82) is 0 Å². The van der Waals surface area contributed by atoms with Crippen LogP contribution in [-0.2, 0) is 9.84 Å². The molecule has 4 nitrogen and oxygen atoms in total. The van der Waals surface area contributed by atoms with E-state index in [-0.39, 0.29) is 23.2 Å². The van der Waals surface area contributed by atoms with Gasteiger partial charge in [0.1, 0.15) is 0 Å². The summed E-state index contributed by atoms with van der Waals surface area (Å²) in [5.74, 6) is -0.296. The molecule has 1 N–H and O–H groups in total. The highest BCUT2D eigenvalue weighted by molar-refractivity contribution is 7.91. The number of hydrogen-bond donors (Lipinski definition) is 1. The van der Waals surface area contributed by atoms with E-state index in [2.05, 4.69) is 4.98 Å². The molecule has 0 aliphatic carbocycles. The molecular weight excluding hydrogens is 202 g/mol. The Bertz CT molecular complexity index is 374. The average Bonchev–Trinajstić information content (AvgIpc) is 2.18. The lowest BCUT2D eigenvalue weighted by Crippen LogP contribution is -2.16. The number of rotatable bonds is 4. The summed E-state index contributed by atoms with van der Waals surface area (Å²) in [6.45, 7) is 1.56. The van der Waals surface area contributed by atoms with Crippen LogP contribution in [0.5, 0.6) is 0 Å². The Kier molecular flexibility index (Phi) is 3.60. The van der Waals surface area contributed by atoms with Gasteiger partial charge in [0, 0.05) is 19.0 Å². The van der Waals surface area contributed by atoms with Gasteiger partial charge in [0.25, 0.3) is 0 Å². The van der Waals surface area contributed by atoms with E-state index in [1.165, 1.54) is 18.5 Å². The first-order chi connectivity index (χ1) is 6.56. The molecule has 0 spiro atoms. The molecule has 1 heterocycles. The van der Waals surface area contributed by atoms with Gasteiger partial charge in [-0.2, -0.15) is 0 Å². The van der Waals surface area contributed by atoms with Gasteiger partial charge in [0.15, 0.2) is 9.84 Å². The third-order valence-electron chi connectivity index (χ3n) is 1.81. The summed E-state index contributed by atoms with van der Waals surface area (Å²) in [4.78, 5) is 3.95. The quantitative estimate of drug-likeness (QED) is 0.793. The van der Waals surface area contributed by atoms with E-state index in [1.807, 2.05) is 0 Å². The Morgan fingerprint density at radius 2 is 2.29 bits per heavy atom. The van der Waals surface area contributed by atoms with E-state index in [1.54, 1.807) is 13.0 Å². The highest BCUT2D eigenvalue weighted by atomic mass is 32.2. The molecule has 14 heavy (non-hydrogen) atoms. The number of aromatic nitrogens is 1. The molecule has 1 atom stereocenters. The SMILES string of the molecule is CC(CO)CS(=O)(=O)c1cccnc1. The van der Waals surface area contributed by atoms with Crippen molar-refractivity contribution in [2.75, 3.05) is 12.4 Å². The Morgan fingerprint density at radius 3 is 2.79 bits per heavy atom. The van der Waals surface area contributed by atoms with Crippen LogP contribution in [0.25, 0.3) is 0 Å². The minimum absolute atomic E-state index is 0.0464. The van der Waals surface area contributed by atoms with Crippen LogP contribution < -0.4 is 0 Å². The summed E-state index contributed by atoms with van der Waals surface area (Å²) in [7, 11) is -3.29. The fraction of sp³-hybridized carbons (Fsp3) is 0.444. The third kappa shape index (κ3) is 2.78. The molecule has 1 unspecified atom stereocenters. The largest absolute Gasteiger partial charge is 0.396 e. The van der Waals surface area contributed by atoms with Gasteiger partial charge in [-0.1, -0.05) is 6.92 Å². The van der Waals surface area contributed by atoms with E-state index < -0.39 is 9.84 Å². The van der Waals surface area contributed by atoms with Crippen molar-refractivity contribution in [3.05, 3.63) is 24.5 Å². The normalized spacial score (nSPS) is 13.9. The van der Waals surface area contributed by atoms with E-state index in [0.29, 0.717) is 0 Å². The van der Waals surface area contributed by atoms with Gasteiger partial charge in [-0.25, -0.2) is 8.42 Å². The summed E-state index contributed by atoms with van der Waals surface area (Å²) in [6, 6.07) is 3.09. The molecule has 1 rings (SSSR count). The van der Waals surface area contributed by atoms with Crippen molar-refractivity contribution in [2.24, 2.45) is 5.92 Å². The van der Waals surface area contributed by atoms with Crippen molar-refractivity contribution in [2.45, 2.75) is 11.8 Å². The Hall–Kier alpha value is -0.940. The smallest absolute Gasteiger partial charge is 0.180 e. The maximum absolute atomic E-state index is 11.7. The average molecular weight is 215 g/mol. The number of sulfone groups is 1. The van der Waals surface area contributed by atoms with E-state index in [0.717, 1.165) is 0 Å². The molecule has 0 saturated carbocycles. The second-order valence-electron chi connectivity index (χ2n) is 3.26. The van der Waals surface area contributed by atoms with Gasteiger partial charge in [0.2, 0.25) is 0 Å². The van der Waals surface area contributed by atoms with Gasteiger partial charge in [0.05, 0.1) is 10.6 Å². The predicted octanol–water partition coefficient (Wildman–Crippen LogP) is 0.484. The maximum atomic E-state index is 11.7. The predicted molar refractivity (Wildman–Crippen MR) is 52.5 cm³/mol. The van der Waals surface area contributed by atoms with Crippen molar-refractivity contribution in [3.8, 4) is 0 Å². The van der Waals surface area contributed by atoms with Crippen molar-refractivity contribution in [1.82, 2.24) is 4.98 Å². The Balaban J connectivity index is 2.87. The molecule has 5 heteroatoms. The summed E-state index contributed by atoms with van der Waals surface area (Å²) >= 11 is 0. The topological polar surface area (TPSA) is 67.3 Å². The number of aliphatic hydroxyl groups is 1. The Labute approximate surface area is 83.5 Å². The van der Waals surface area contributed by atoms with E-state index >= 15 is 0 Å². The summed E-state index contributed by atoms with van der Waals surface area (Å²) in [6.07, 6.45) is 2.84. The van der Waals surface area contributed by atoms with Gasteiger partial charge in [-0.15, -0.1) is 0 Å². The first kappa shape index (κ1) is 11.1. The van der Waals surface area contributed by atoms with Crippen LogP contribution in [0.1, 0.15) is 6.92 Å². The molecule has 0 aliphatic heterocycles. The zero-order valence-corrected chi connectivity index (χ0v) is 8.74. The fourth-order valence-corrected chi connectivity index (χ4v) is 2.61. The lowest BCUT2D eigenvalue weighted by atomic mass is 10.2. The lowest BCUT2D eigenvalue weighted by molar-refractivity contribution is 0.249. The minimum Gasteiger partial charge on any atom is -0.396 e. The standard InChI is InChI=1S/C9H13NO3S/c1-8(6-11)7-14(12,13)9-3-2-4-10-5-9/h2-5,8,11H,6-7H2,1H3. The molecule has 0 aromatic carbocycles. The maximum Gasteiger partial charge on any atom is 0.180 e. The Morgan fingerprint density at radius 1 is 1.57 bits per heavy atom. The van der Waals surface area contributed by atoms with Crippen LogP contribution in [0.15, 0.2) is 29.4 Å². The highest BCUT2D eigenvalue weighted by Crippen LogP contribution is 2.11. The number of nitrogens with zero attached hydrogens (tertiary/aromatic N) is 1. The molecule has 0 fully saturated rings. The van der Waals surface area contributed by atoms with E-state index in [9.17, 15) is 8.42 Å². The zero-order chi connectivity index (χ0) is 10.6. The zero-order valence-electron chi connectivity index (χ0n) is 7.92. The second kappa shape index (κ2) is 4.52. The van der Waals surface area contributed by atoms with Crippen LogP contribution in [0.4, 0.5) is 0 Å². The van der Waals surface area contributed by atoms with Crippen molar-refractivity contribution >= 4 is 9.84 Å². The van der Waals surface area contributed by atoms with Crippen molar-refractivity contribution < 1.29 is 13.5 Å². The molecular formula is C9H13NO3S. The molecule has 0 aliphatic rings. The molecule has 0 amide bonds. The van der Waals surface area contributed by atoms with Crippen molar-refractivity contribution in [3.63, 3.8) is 0 Å². The van der Waals surface area contributed by atoms with Crippen LogP contribution in [0, 0.1) is 5.92 Å². The molecule has 1 aromatic heterocycles. The molecule has 1 aromatic rings. The van der Waals surface area contributed by atoms with Crippen LogP contribution in [0.3, 0.4) is 0 Å². The van der Waals surface area contributed by atoms with Crippen LogP contribution >= 0.6 is 0 Å². The molecule has 78 valence electrons. The number of hydrogen-bond acceptors (Lipinski definition) is 4.